The Bertz CT molecular complexity index is 350. The van der Waals surface area contributed by atoms with E-state index < -0.39 is 12.5 Å². The molecule has 2 N–H and O–H groups in total. The summed E-state index contributed by atoms with van der Waals surface area (Å²) in [7, 11) is 2.99. The van der Waals surface area contributed by atoms with Gasteiger partial charge in [-0.1, -0.05) is 6.07 Å². The maximum absolute atomic E-state index is 12.2. The highest BCUT2D eigenvalue weighted by atomic mass is 35.5. The fourth-order valence-electron chi connectivity index (χ4n) is 1.44. The van der Waals surface area contributed by atoms with Crippen LogP contribution in [0.4, 0.5) is 8.78 Å². The first-order valence-corrected chi connectivity index (χ1v) is 4.84. The Morgan fingerprint density at radius 2 is 1.88 bits per heavy atom. The van der Waals surface area contributed by atoms with Gasteiger partial charge < -0.3 is 15.2 Å². The van der Waals surface area contributed by atoms with Crippen molar-refractivity contribution in [2.45, 2.75) is 18.9 Å². The van der Waals surface area contributed by atoms with Gasteiger partial charge in [-0.2, -0.15) is 0 Å². The molecule has 3 nitrogen and oxygen atoms in total. The molecular formula is C11H16ClF2NO2. The van der Waals surface area contributed by atoms with Crippen molar-refractivity contribution in [2.24, 2.45) is 5.73 Å². The molecule has 0 bridgehead atoms. The van der Waals surface area contributed by atoms with Crippen LogP contribution in [-0.4, -0.2) is 20.6 Å². The van der Waals surface area contributed by atoms with Crippen LogP contribution in [0.1, 0.15) is 18.0 Å². The van der Waals surface area contributed by atoms with E-state index in [9.17, 15) is 8.78 Å². The Labute approximate surface area is 105 Å². The molecule has 17 heavy (non-hydrogen) atoms. The number of benzene rings is 1. The van der Waals surface area contributed by atoms with E-state index in [0.717, 1.165) is 0 Å². The summed E-state index contributed by atoms with van der Waals surface area (Å²) in [6, 6.07) is 4.20. The second-order valence-corrected chi connectivity index (χ2v) is 3.34. The van der Waals surface area contributed by atoms with E-state index in [1.54, 1.807) is 18.2 Å². The van der Waals surface area contributed by atoms with Gasteiger partial charge in [0.2, 0.25) is 6.43 Å². The zero-order valence-electron chi connectivity index (χ0n) is 9.65. The van der Waals surface area contributed by atoms with Gasteiger partial charge in [-0.15, -0.1) is 12.4 Å². The molecule has 0 unspecified atom stereocenters. The lowest BCUT2D eigenvalue weighted by atomic mass is 10.0. The Morgan fingerprint density at radius 3 is 2.35 bits per heavy atom. The normalized spacial score (nSPS) is 11.9. The molecule has 0 saturated carbocycles. The smallest absolute Gasteiger partial charge is 0.240 e. The Hall–Kier alpha value is -1.07. The second kappa shape index (κ2) is 7.29. The minimum Gasteiger partial charge on any atom is -0.497 e. The molecule has 6 heteroatoms. The van der Waals surface area contributed by atoms with Crippen LogP contribution in [0.2, 0.25) is 0 Å². The highest BCUT2D eigenvalue weighted by Crippen LogP contribution is 2.30. The highest BCUT2D eigenvalue weighted by Gasteiger charge is 2.17. The molecule has 0 spiro atoms. The van der Waals surface area contributed by atoms with E-state index in [4.69, 9.17) is 15.2 Å². The van der Waals surface area contributed by atoms with Crippen LogP contribution >= 0.6 is 12.4 Å². The predicted molar refractivity (Wildman–Crippen MR) is 64.3 cm³/mol. The summed E-state index contributed by atoms with van der Waals surface area (Å²) >= 11 is 0. The summed E-state index contributed by atoms with van der Waals surface area (Å²) in [5, 5.41) is 0. The van der Waals surface area contributed by atoms with Gasteiger partial charge in [0.15, 0.2) is 0 Å². The molecule has 0 aliphatic heterocycles. The molecule has 0 saturated heterocycles. The molecule has 1 atom stereocenters. The van der Waals surface area contributed by atoms with E-state index >= 15 is 0 Å². The summed E-state index contributed by atoms with van der Waals surface area (Å²) in [4.78, 5) is 0. The van der Waals surface area contributed by atoms with Crippen LogP contribution < -0.4 is 15.2 Å². The van der Waals surface area contributed by atoms with Gasteiger partial charge in [0.25, 0.3) is 0 Å². The molecule has 0 aliphatic rings. The molecule has 0 aliphatic carbocycles. The number of rotatable bonds is 5. The Morgan fingerprint density at radius 1 is 1.24 bits per heavy atom. The molecule has 98 valence electrons. The van der Waals surface area contributed by atoms with Crippen LogP contribution in [0, 0.1) is 0 Å². The number of hydrogen-bond donors (Lipinski definition) is 1. The van der Waals surface area contributed by atoms with Crippen LogP contribution in [0.25, 0.3) is 0 Å². The lowest BCUT2D eigenvalue weighted by Gasteiger charge is -2.16. The van der Waals surface area contributed by atoms with Crippen molar-refractivity contribution in [2.75, 3.05) is 14.2 Å². The molecular weight excluding hydrogens is 252 g/mol. The van der Waals surface area contributed by atoms with Crippen LogP contribution in [0.3, 0.4) is 0 Å². The molecule has 0 heterocycles. The molecule has 1 rings (SSSR count). The molecule has 1 aromatic carbocycles. The van der Waals surface area contributed by atoms with Crippen molar-refractivity contribution in [1.82, 2.24) is 0 Å². The SMILES string of the molecule is COc1ccc([C@H](N)CC(F)F)c(OC)c1.Cl. The van der Waals surface area contributed by atoms with Crippen molar-refractivity contribution in [3.63, 3.8) is 0 Å². The molecule has 1 aromatic rings. The zero-order valence-corrected chi connectivity index (χ0v) is 10.5. The summed E-state index contributed by atoms with van der Waals surface area (Å²) < 4.78 is 34.5. The van der Waals surface area contributed by atoms with E-state index in [2.05, 4.69) is 0 Å². The van der Waals surface area contributed by atoms with Crippen LogP contribution in [-0.2, 0) is 0 Å². The van der Waals surface area contributed by atoms with Gasteiger partial charge in [0.05, 0.1) is 14.2 Å². The number of methoxy groups -OCH3 is 2. The van der Waals surface area contributed by atoms with Gasteiger partial charge >= 0.3 is 0 Å². The minimum absolute atomic E-state index is 0. The summed E-state index contributed by atoms with van der Waals surface area (Å²) in [6.07, 6.45) is -2.82. The van der Waals surface area contributed by atoms with E-state index in [1.165, 1.54) is 14.2 Å². The van der Waals surface area contributed by atoms with Gasteiger partial charge in [-0.3, -0.25) is 0 Å². The molecule has 0 amide bonds. The Balaban J connectivity index is 0.00000256. The van der Waals surface area contributed by atoms with Crippen molar-refractivity contribution in [3.8, 4) is 11.5 Å². The van der Waals surface area contributed by atoms with E-state index in [-0.39, 0.29) is 18.8 Å². The van der Waals surface area contributed by atoms with Gasteiger partial charge in [-0.25, -0.2) is 8.78 Å². The largest absolute Gasteiger partial charge is 0.497 e. The van der Waals surface area contributed by atoms with Crippen molar-refractivity contribution in [3.05, 3.63) is 23.8 Å². The first kappa shape index (κ1) is 15.9. The standard InChI is InChI=1S/C11H15F2NO2.ClH/c1-15-7-3-4-8(10(5-7)16-2)9(14)6-11(12)13;/h3-5,9,11H,6,14H2,1-2H3;1H/t9-;/m1./s1. The van der Waals surface area contributed by atoms with Gasteiger partial charge in [-0.05, 0) is 6.07 Å². The third kappa shape index (κ3) is 4.36. The summed E-state index contributed by atoms with van der Waals surface area (Å²) in [6.45, 7) is 0. The fourth-order valence-corrected chi connectivity index (χ4v) is 1.44. The van der Waals surface area contributed by atoms with Crippen LogP contribution in [0.15, 0.2) is 18.2 Å². The van der Waals surface area contributed by atoms with Crippen molar-refractivity contribution >= 4 is 12.4 Å². The van der Waals surface area contributed by atoms with Crippen LogP contribution in [0.5, 0.6) is 11.5 Å². The average molecular weight is 268 g/mol. The van der Waals surface area contributed by atoms with Crippen molar-refractivity contribution in [1.29, 1.82) is 0 Å². The zero-order chi connectivity index (χ0) is 12.1. The lowest BCUT2D eigenvalue weighted by Crippen LogP contribution is -2.15. The first-order chi connectivity index (χ1) is 7.58. The third-order valence-corrected chi connectivity index (χ3v) is 2.27. The topological polar surface area (TPSA) is 44.5 Å². The molecule has 0 fully saturated rings. The number of ether oxygens (including phenoxy) is 2. The van der Waals surface area contributed by atoms with Gasteiger partial charge in [0, 0.05) is 24.1 Å². The maximum Gasteiger partial charge on any atom is 0.240 e. The summed E-state index contributed by atoms with van der Waals surface area (Å²) in [5.41, 5.74) is 6.22. The van der Waals surface area contributed by atoms with Crippen molar-refractivity contribution < 1.29 is 18.3 Å². The van der Waals surface area contributed by atoms with E-state index in [0.29, 0.717) is 17.1 Å². The van der Waals surface area contributed by atoms with E-state index in [1.807, 2.05) is 0 Å². The maximum atomic E-state index is 12.2. The second-order valence-electron chi connectivity index (χ2n) is 3.34. The fraction of sp³-hybridized carbons (Fsp3) is 0.455. The number of nitrogens with two attached hydrogens (primary N) is 1. The number of alkyl halides is 2. The summed E-state index contributed by atoms with van der Waals surface area (Å²) in [5.74, 6) is 1.07. The quantitative estimate of drug-likeness (QED) is 0.892. The van der Waals surface area contributed by atoms with Gasteiger partial charge in [0.1, 0.15) is 11.5 Å². The molecule has 0 aromatic heterocycles. The molecule has 0 radical (unpaired) electrons. The predicted octanol–water partition coefficient (Wildman–Crippen LogP) is 2.78. The highest BCUT2D eigenvalue weighted by molar-refractivity contribution is 5.85. The number of hydrogen-bond acceptors (Lipinski definition) is 3. The first-order valence-electron chi connectivity index (χ1n) is 4.84. The third-order valence-electron chi connectivity index (χ3n) is 2.27. The lowest BCUT2D eigenvalue weighted by molar-refractivity contribution is 0.128. The Kier molecular flexibility index (Phi) is 6.83. The monoisotopic (exact) mass is 267 g/mol. The average Bonchev–Trinajstić information content (AvgIpc) is 2.27. The minimum atomic E-state index is -2.43. The number of halogens is 3.